The van der Waals surface area contributed by atoms with E-state index in [9.17, 15) is 4.57 Å². The molecule has 3 heterocycles. The highest BCUT2D eigenvalue weighted by Gasteiger charge is 2.57. The molecule has 4 rings (SSSR count). The Balaban J connectivity index is 1.83. The van der Waals surface area contributed by atoms with Crippen molar-refractivity contribution in [1.29, 1.82) is 0 Å². The van der Waals surface area contributed by atoms with Crippen LogP contribution in [0.5, 0.6) is 0 Å². The molecule has 61 heavy (non-hydrogen) atoms. The number of phosphoric acid groups is 1. The minimum atomic E-state index is -4.32. The van der Waals surface area contributed by atoms with Crippen molar-refractivity contribution < 1.29 is 60.8 Å². The Morgan fingerprint density at radius 3 is 1.51 bits per heavy atom. The number of thioether (sulfide) groups is 1. The van der Waals surface area contributed by atoms with Gasteiger partial charge < -0.3 is 51.7 Å². The van der Waals surface area contributed by atoms with Crippen LogP contribution in [0.25, 0.3) is 0 Å². The highest BCUT2D eigenvalue weighted by atomic mass is 32.2. The van der Waals surface area contributed by atoms with E-state index in [2.05, 4.69) is 66.8 Å². The summed E-state index contributed by atoms with van der Waals surface area (Å²) in [7, 11) is -4.32. The van der Waals surface area contributed by atoms with Crippen molar-refractivity contribution in [3.05, 3.63) is 55.0 Å². The Morgan fingerprint density at radius 1 is 0.557 bits per heavy atom. The predicted molar refractivity (Wildman–Crippen MR) is 237 cm³/mol. The molecule has 10 unspecified atom stereocenters. The molecule has 3 aliphatic rings. The van der Waals surface area contributed by atoms with Crippen LogP contribution in [0, 0.1) is 0 Å². The average Bonchev–Trinajstić information content (AvgIpc) is 3.51. The number of ether oxygens (including phenoxy) is 9. The molecule has 0 aliphatic carbocycles. The number of hydrogen-bond acceptors (Lipinski definition) is 14. The van der Waals surface area contributed by atoms with Crippen molar-refractivity contribution in [1.82, 2.24) is 0 Å². The second-order valence-electron chi connectivity index (χ2n) is 15.8. The van der Waals surface area contributed by atoms with E-state index >= 15 is 0 Å². The SMILES string of the molecule is C=C1OP(=O)(OC2C(OC3C(COCCCC)OC(Sc4ccccc4)C(OCCCC)C3OCCCC)OC(COCCCC)C(OCCCC)C2OCCCC)OC1=C. The van der Waals surface area contributed by atoms with E-state index in [-0.39, 0.29) is 24.7 Å². The van der Waals surface area contributed by atoms with Crippen LogP contribution >= 0.6 is 19.6 Å². The summed E-state index contributed by atoms with van der Waals surface area (Å²) in [5.41, 5.74) is -0.459. The lowest BCUT2D eigenvalue weighted by molar-refractivity contribution is -0.348. The third-order valence-corrected chi connectivity index (χ3v) is 13.1. The van der Waals surface area contributed by atoms with Gasteiger partial charge in [0, 0.05) is 44.5 Å². The Labute approximate surface area is 371 Å². The summed E-state index contributed by atoms with van der Waals surface area (Å²) in [5.74, 6) is 0.0321. The molecule has 0 radical (unpaired) electrons. The summed E-state index contributed by atoms with van der Waals surface area (Å²) in [5, 5.41) is 0. The Hall–Kier alpha value is -1.52. The topological polar surface area (TPSA) is 128 Å². The summed E-state index contributed by atoms with van der Waals surface area (Å²) in [6, 6.07) is 10.2. The third kappa shape index (κ3) is 16.8. The molecule has 10 atom stereocenters. The lowest BCUT2D eigenvalue weighted by atomic mass is 9.96. The smallest absolute Gasteiger partial charge is 0.392 e. The lowest BCUT2D eigenvalue weighted by Gasteiger charge is -2.50. The fraction of sp³-hybridized carbons (Fsp3) is 0.783. The molecule has 0 N–H and O–H groups in total. The number of benzene rings is 1. The first-order chi connectivity index (χ1) is 29.7. The third-order valence-electron chi connectivity index (χ3n) is 10.6. The average molecular weight is 901 g/mol. The zero-order chi connectivity index (χ0) is 43.9. The first-order valence-corrected chi connectivity index (χ1v) is 25.4. The van der Waals surface area contributed by atoms with E-state index in [0.29, 0.717) is 39.6 Å². The molecule has 0 aromatic heterocycles. The summed E-state index contributed by atoms with van der Waals surface area (Å²) >= 11 is 1.59. The van der Waals surface area contributed by atoms with Crippen molar-refractivity contribution in [2.24, 2.45) is 0 Å². The van der Waals surface area contributed by atoms with Gasteiger partial charge in [0.15, 0.2) is 23.9 Å². The zero-order valence-electron chi connectivity index (χ0n) is 37.9. The van der Waals surface area contributed by atoms with E-state index in [4.69, 9.17) is 56.2 Å². The summed E-state index contributed by atoms with van der Waals surface area (Å²) in [6.07, 6.45) is 3.52. The molecular weight excluding hydrogens is 824 g/mol. The molecule has 13 nitrogen and oxygen atoms in total. The van der Waals surface area contributed by atoms with Crippen LogP contribution in [0.1, 0.15) is 119 Å². The molecule has 350 valence electrons. The van der Waals surface area contributed by atoms with E-state index < -0.39 is 68.4 Å². The highest BCUT2D eigenvalue weighted by Crippen LogP contribution is 2.61. The molecule has 15 heteroatoms. The molecule has 0 spiro atoms. The van der Waals surface area contributed by atoms with Crippen LogP contribution < -0.4 is 0 Å². The maximum absolute atomic E-state index is 14.3. The van der Waals surface area contributed by atoms with Crippen LogP contribution in [0.4, 0.5) is 0 Å². The van der Waals surface area contributed by atoms with Crippen LogP contribution in [-0.4, -0.2) is 113 Å². The van der Waals surface area contributed by atoms with Crippen molar-refractivity contribution in [3.63, 3.8) is 0 Å². The fourth-order valence-corrected chi connectivity index (χ4v) is 9.51. The van der Waals surface area contributed by atoms with Crippen LogP contribution in [0.3, 0.4) is 0 Å². The van der Waals surface area contributed by atoms with Gasteiger partial charge in [-0.3, -0.25) is 4.52 Å². The Kier molecular flexibility index (Phi) is 24.9. The van der Waals surface area contributed by atoms with Gasteiger partial charge in [0.05, 0.1) is 13.2 Å². The van der Waals surface area contributed by atoms with Crippen LogP contribution in [0.15, 0.2) is 59.9 Å². The minimum absolute atomic E-state index is 0.0160. The summed E-state index contributed by atoms with van der Waals surface area (Å²) in [6.45, 7) is 23.7. The standard InChI is InChI=1S/C46H77O13PS/c1-9-15-26-48-32-37-39(50-28-17-11-3)41(51-29-18-12-4)43(59-60(47)57-34(7)35(8)58-60)45(54-37)56-40-38(33-49-27-16-10-2)55-46(61-36-24-22-21-23-25-36)44(53-31-20-14-6)42(40)52-30-19-13-5/h21-25,37-46H,7-20,26-33H2,1-6H3. The number of unbranched alkanes of at least 4 members (excludes halogenated alkanes) is 6. The molecule has 3 aliphatic heterocycles. The van der Waals surface area contributed by atoms with Crippen LogP contribution in [0.2, 0.25) is 0 Å². The van der Waals surface area contributed by atoms with Gasteiger partial charge in [0.25, 0.3) is 0 Å². The van der Waals surface area contributed by atoms with E-state index in [1.165, 1.54) is 0 Å². The lowest BCUT2D eigenvalue weighted by Crippen LogP contribution is -2.66. The Bertz CT molecular complexity index is 1390. The first kappa shape index (κ1) is 52.1. The van der Waals surface area contributed by atoms with E-state index in [0.717, 1.165) is 81.9 Å². The maximum atomic E-state index is 14.3. The second kappa shape index (κ2) is 29.1. The summed E-state index contributed by atoms with van der Waals surface area (Å²) in [4.78, 5) is 1.04. The normalized spacial score (nSPS) is 28.8. The largest absolute Gasteiger partial charge is 0.588 e. The van der Waals surface area contributed by atoms with Crippen molar-refractivity contribution in [2.45, 2.75) is 184 Å². The van der Waals surface area contributed by atoms with Gasteiger partial charge in [-0.1, -0.05) is 123 Å². The first-order valence-electron chi connectivity index (χ1n) is 23.1. The van der Waals surface area contributed by atoms with Gasteiger partial charge in [-0.25, -0.2) is 4.57 Å². The van der Waals surface area contributed by atoms with Crippen molar-refractivity contribution in [3.8, 4) is 0 Å². The molecule has 0 amide bonds. The van der Waals surface area contributed by atoms with Gasteiger partial charge in [0.1, 0.15) is 48.2 Å². The fourth-order valence-electron chi connectivity index (χ4n) is 6.98. The maximum Gasteiger partial charge on any atom is 0.588 e. The molecule has 1 aromatic rings. The monoisotopic (exact) mass is 900 g/mol. The highest BCUT2D eigenvalue weighted by molar-refractivity contribution is 7.99. The zero-order valence-corrected chi connectivity index (χ0v) is 39.6. The van der Waals surface area contributed by atoms with Gasteiger partial charge in [-0.2, -0.15) is 0 Å². The van der Waals surface area contributed by atoms with Gasteiger partial charge >= 0.3 is 7.82 Å². The van der Waals surface area contributed by atoms with Crippen molar-refractivity contribution >= 4 is 19.6 Å². The summed E-state index contributed by atoms with van der Waals surface area (Å²) < 4.78 is 92.8. The van der Waals surface area contributed by atoms with Gasteiger partial charge in [0.2, 0.25) is 0 Å². The number of phosphoric ester groups is 1. The van der Waals surface area contributed by atoms with Crippen molar-refractivity contribution in [2.75, 3.05) is 52.9 Å². The molecular formula is C46H77O13PS. The number of hydrogen-bond donors (Lipinski definition) is 0. The Morgan fingerprint density at radius 2 is 1.00 bits per heavy atom. The molecule has 0 bridgehead atoms. The van der Waals surface area contributed by atoms with E-state index in [1.54, 1.807) is 11.8 Å². The van der Waals surface area contributed by atoms with E-state index in [1.807, 2.05) is 18.2 Å². The molecule has 3 fully saturated rings. The van der Waals surface area contributed by atoms with Gasteiger partial charge in [-0.15, -0.1) is 0 Å². The van der Waals surface area contributed by atoms with Gasteiger partial charge in [-0.05, 0) is 50.7 Å². The quantitative estimate of drug-likeness (QED) is 0.0502. The molecule has 0 saturated carbocycles. The van der Waals surface area contributed by atoms with Crippen LogP contribution in [-0.2, 0) is 60.8 Å². The molecule has 1 aromatic carbocycles. The molecule has 3 saturated heterocycles. The second-order valence-corrected chi connectivity index (χ2v) is 18.4. The number of rotatable bonds is 32. The minimum Gasteiger partial charge on any atom is -0.392 e. The predicted octanol–water partition coefficient (Wildman–Crippen LogP) is 10.6.